The van der Waals surface area contributed by atoms with Crippen LogP contribution in [-0.2, 0) is 9.59 Å². The molecule has 0 saturated heterocycles. The summed E-state index contributed by atoms with van der Waals surface area (Å²) < 4.78 is 0. The summed E-state index contributed by atoms with van der Waals surface area (Å²) >= 11 is 0. The predicted octanol–water partition coefficient (Wildman–Crippen LogP) is 2.09. The molecule has 4 nitrogen and oxygen atoms in total. The molecular formula is C17H20O4. The summed E-state index contributed by atoms with van der Waals surface area (Å²) in [6.45, 7) is 0. The van der Waals surface area contributed by atoms with Gasteiger partial charge in [-0.25, -0.2) is 0 Å². The lowest BCUT2D eigenvalue weighted by Gasteiger charge is -2.55. The van der Waals surface area contributed by atoms with Crippen LogP contribution in [0.4, 0.5) is 0 Å². The summed E-state index contributed by atoms with van der Waals surface area (Å²) in [6.07, 6.45) is 11.4. The minimum Gasteiger partial charge on any atom is -0.481 e. The second kappa shape index (κ2) is 4.03. The number of terminal acetylenes is 1. The molecule has 5 aliphatic carbocycles. The van der Waals surface area contributed by atoms with E-state index in [0.717, 1.165) is 37.5 Å². The molecule has 0 amide bonds. The molecule has 0 aliphatic heterocycles. The maximum atomic E-state index is 11.7. The normalized spacial score (nSPS) is 53.2. The molecule has 4 heteroatoms. The summed E-state index contributed by atoms with van der Waals surface area (Å²) in [4.78, 5) is 23.2. The van der Waals surface area contributed by atoms with Crippen molar-refractivity contribution in [2.45, 2.75) is 32.1 Å². The average molecular weight is 288 g/mol. The zero-order valence-electron chi connectivity index (χ0n) is 11.9. The third-order valence-corrected chi connectivity index (χ3v) is 6.84. The van der Waals surface area contributed by atoms with E-state index in [0.29, 0.717) is 11.8 Å². The Bertz CT molecular complexity index is 532. The van der Waals surface area contributed by atoms with Crippen LogP contribution in [-0.4, -0.2) is 22.2 Å². The molecule has 5 saturated carbocycles. The highest BCUT2D eigenvalue weighted by Gasteiger charge is 2.77. The molecular weight excluding hydrogens is 268 g/mol. The third-order valence-electron chi connectivity index (χ3n) is 6.84. The van der Waals surface area contributed by atoms with Gasteiger partial charge in [-0.15, -0.1) is 6.42 Å². The fourth-order valence-electron chi connectivity index (χ4n) is 6.37. The molecule has 3 unspecified atom stereocenters. The van der Waals surface area contributed by atoms with Crippen LogP contribution >= 0.6 is 0 Å². The molecule has 112 valence electrons. The van der Waals surface area contributed by atoms with E-state index in [1.807, 2.05) is 0 Å². The monoisotopic (exact) mass is 288 g/mol. The van der Waals surface area contributed by atoms with Crippen LogP contribution in [0.3, 0.4) is 0 Å². The third kappa shape index (κ3) is 1.52. The van der Waals surface area contributed by atoms with Crippen LogP contribution in [0.2, 0.25) is 0 Å². The lowest BCUT2D eigenvalue weighted by atomic mass is 9.50. The molecule has 5 aliphatic rings. The fourth-order valence-corrected chi connectivity index (χ4v) is 6.37. The Kier molecular flexibility index (Phi) is 2.53. The molecule has 3 atom stereocenters. The van der Waals surface area contributed by atoms with Crippen molar-refractivity contribution in [3.63, 3.8) is 0 Å². The van der Waals surface area contributed by atoms with Gasteiger partial charge in [0.1, 0.15) is 5.41 Å². The second-order valence-electron chi connectivity index (χ2n) is 7.67. The molecule has 0 radical (unpaired) electrons. The Morgan fingerprint density at radius 1 is 1.00 bits per heavy atom. The topological polar surface area (TPSA) is 74.6 Å². The number of aliphatic carboxylic acids is 2. The van der Waals surface area contributed by atoms with E-state index in [1.165, 1.54) is 6.42 Å². The quantitative estimate of drug-likeness (QED) is 0.780. The van der Waals surface area contributed by atoms with Gasteiger partial charge in [0.15, 0.2) is 0 Å². The summed E-state index contributed by atoms with van der Waals surface area (Å²) in [6, 6.07) is 0. The van der Waals surface area contributed by atoms with E-state index in [2.05, 4.69) is 5.92 Å². The number of carbonyl (C=O) groups is 2. The second-order valence-corrected chi connectivity index (χ2v) is 7.67. The minimum atomic E-state index is -1.45. The van der Waals surface area contributed by atoms with Crippen LogP contribution in [0.5, 0.6) is 0 Å². The van der Waals surface area contributed by atoms with Crippen molar-refractivity contribution < 1.29 is 19.8 Å². The Hall–Kier alpha value is -1.50. The Labute approximate surface area is 123 Å². The molecule has 5 rings (SSSR count). The number of hydrogen-bond donors (Lipinski definition) is 2. The van der Waals surface area contributed by atoms with E-state index in [1.54, 1.807) is 0 Å². The van der Waals surface area contributed by atoms with Gasteiger partial charge in [-0.2, -0.15) is 0 Å². The summed E-state index contributed by atoms with van der Waals surface area (Å²) in [5.41, 5.74) is -1.45. The molecule has 0 aromatic carbocycles. The van der Waals surface area contributed by atoms with Crippen molar-refractivity contribution in [3.05, 3.63) is 0 Å². The van der Waals surface area contributed by atoms with E-state index in [-0.39, 0.29) is 11.8 Å². The Balaban J connectivity index is 1.69. The zero-order valence-corrected chi connectivity index (χ0v) is 11.9. The van der Waals surface area contributed by atoms with Crippen molar-refractivity contribution in [1.29, 1.82) is 0 Å². The first-order valence-electron chi connectivity index (χ1n) is 7.93. The van der Waals surface area contributed by atoms with Crippen molar-refractivity contribution in [2.24, 2.45) is 46.8 Å². The van der Waals surface area contributed by atoms with Crippen LogP contribution < -0.4 is 0 Å². The first kappa shape index (κ1) is 13.2. The van der Waals surface area contributed by atoms with E-state index in [4.69, 9.17) is 6.42 Å². The molecule has 0 aromatic heterocycles. The van der Waals surface area contributed by atoms with Gasteiger partial charge < -0.3 is 10.2 Å². The largest absolute Gasteiger partial charge is 0.481 e. The van der Waals surface area contributed by atoms with Gasteiger partial charge >= 0.3 is 11.9 Å². The SMILES string of the molecule is C#CC1(C(=O)O)C(C(=O)O)C1C1C2CC3CC(C2)CC1C3. The van der Waals surface area contributed by atoms with Gasteiger partial charge in [0.2, 0.25) is 0 Å². The first-order valence-corrected chi connectivity index (χ1v) is 7.93. The molecule has 2 N–H and O–H groups in total. The molecule has 0 heterocycles. The fraction of sp³-hybridized carbons (Fsp3) is 0.765. The van der Waals surface area contributed by atoms with Crippen molar-refractivity contribution >= 4 is 11.9 Å². The highest BCUT2D eigenvalue weighted by Crippen LogP contribution is 2.70. The van der Waals surface area contributed by atoms with Gasteiger partial charge in [0, 0.05) is 5.92 Å². The van der Waals surface area contributed by atoms with Crippen LogP contribution in [0.25, 0.3) is 0 Å². The number of hydrogen-bond acceptors (Lipinski definition) is 2. The highest BCUT2D eigenvalue weighted by molar-refractivity contribution is 5.93. The van der Waals surface area contributed by atoms with Crippen molar-refractivity contribution in [1.82, 2.24) is 0 Å². The Morgan fingerprint density at radius 2 is 1.52 bits per heavy atom. The maximum Gasteiger partial charge on any atom is 0.323 e. The summed E-state index contributed by atoms with van der Waals surface area (Å²) in [7, 11) is 0. The summed E-state index contributed by atoms with van der Waals surface area (Å²) in [5.74, 6) is 1.77. The van der Waals surface area contributed by atoms with E-state index in [9.17, 15) is 19.8 Å². The zero-order chi connectivity index (χ0) is 14.9. The standard InChI is InChI=1S/C17H20O4/c1-2-17(16(20)21)13(14(17)15(18)19)12-10-4-8-3-9(6-10)7-11(12)5-8/h1,8-14H,3-7H2,(H,18,19)(H,20,21). The van der Waals surface area contributed by atoms with Gasteiger partial charge in [-0.05, 0) is 61.7 Å². The number of rotatable bonds is 3. The van der Waals surface area contributed by atoms with Crippen molar-refractivity contribution in [3.8, 4) is 12.3 Å². The van der Waals surface area contributed by atoms with E-state index >= 15 is 0 Å². The Morgan fingerprint density at radius 3 is 1.86 bits per heavy atom. The van der Waals surface area contributed by atoms with Crippen LogP contribution in [0.1, 0.15) is 32.1 Å². The number of carboxylic acid groups (broad SMARTS) is 2. The minimum absolute atomic E-state index is 0.214. The van der Waals surface area contributed by atoms with Crippen LogP contribution in [0, 0.1) is 59.2 Å². The molecule has 0 spiro atoms. The average Bonchev–Trinajstić information content (AvgIpc) is 3.08. The lowest BCUT2D eigenvalue weighted by molar-refractivity contribution is -0.146. The molecule has 5 fully saturated rings. The summed E-state index contributed by atoms with van der Waals surface area (Å²) in [5, 5.41) is 19.0. The molecule has 4 bridgehead atoms. The molecule has 0 aromatic rings. The predicted molar refractivity (Wildman–Crippen MR) is 74.1 cm³/mol. The van der Waals surface area contributed by atoms with Gasteiger partial charge in [0.25, 0.3) is 0 Å². The lowest BCUT2D eigenvalue weighted by Crippen LogP contribution is -2.46. The smallest absolute Gasteiger partial charge is 0.323 e. The van der Waals surface area contributed by atoms with Crippen molar-refractivity contribution in [2.75, 3.05) is 0 Å². The highest BCUT2D eigenvalue weighted by atomic mass is 16.4. The van der Waals surface area contributed by atoms with Gasteiger partial charge in [0.05, 0.1) is 5.92 Å². The molecule has 21 heavy (non-hydrogen) atoms. The van der Waals surface area contributed by atoms with E-state index < -0.39 is 23.3 Å². The number of carboxylic acids is 2. The first-order chi connectivity index (χ1) is 9.99. The van der Waals surface area contributed by atoms with Crippen LogP contribution in [0.15, 0.2) is 0 Å². The maximum absolute atomic E-state index is 11.7. The van der Waals surface area contributed by atoms with Gasteiger partial charge in [-0.3, -0.25) is 9.59 Å². The van der Waals surface area contributed by atoms with Gasteiger partial charge in [-0.1, -0.05) is 5.92 Å².